The highest BCUT2D eigenvalue weighted by atomic mass is 19.1. The first-order valence-electron chi connectivity index (χ1n) is 4.66. The summed E-state index contributed by atoms with van der Waals surface area (Å²) in [5, 5.41) is 7.07. The molecule has 0 aliphatic carbocycles. The summed E-state index contributed by atoms with van der Waals surface area (Å²) in [5.74, 6) is -2.57. The molecule has 0 bridgehead atoms. The summed E-state index contributed by atoms with van der Waals surface area (Å²) in [4.78, 5) is 0. The fraction of sp³-hybridized carbons (Fsp3) is 0.300. The van der Waals surface area contributed by atoms with E-state index in [-0.39, 0.29) is 11.7 Å². The topological polar surface area (TPSA) is 68.3 Å². The monoisotopic (exact) mass is 228 g/mol. The Hall–Kier alpha value is -1.69. The zero-order valence-corrected chi connectivity index (χ0v) is 8.30. The Morgan fingerprint density at radius 1 is 1.38 bits per heavy atom. The smallest absolute Gasteiger partial charge is 0.191 e. The van der Waals surface area contributed by atoms with E-state index >= 15 is 0 Å². The van der Waals surface area contributed by atoms with Crippen LogP contribution >= 0.6 is 0 Å². The summed E-state index contributed by atoms with van der Waals surface area (Å²) in [6, 6.07) is 1.94. The molecule has 4 nitrogen and oxygen atoms in total. The number of amidine groups is 1. The molecular formula is C10H10F2N2O2. The summed E-state index contributed by atoms with van der Waals surface area (Å²) in [6.07, 6.45) is -0.313. The molecule has 1 fully saturated rings. The van der Waals surface area contributed by atoms with Crippen molar-refractivity contribution in [1.29, 1.82) is 5.41 Å². The minimum atomic E-state index is -0.864. The number of nitrogens with one attached hydrogen (secondary N) is 1. The Labute approximate surface area is 90.5 Å². The average Bonchev–Trinajstić information content (AvgIpc) is 2.13. The van der Waals surface area contributed by atoms with E-state index in [1.54, 1.807) is 0 Å². The van der Waals surface area contributed by atoms with Crippen molar-refractivity contribution in [2.75, 3.05) is 13.2 Å². The second kappa shape index (κ2) is 4.05. The second-order valence-corrected chi connectivity index (χ2v) is 3.46. The molecule has 6 heteroatoms. The first-order valence-corrected chi connectivity index (χ1v) is 4.66. The van der Waals surface area contributed by atoms with Gasteiger partial charge in [0.15, 0.2) is 17.4 Å². The minimum absolute atomic E-state index is 0.00721. The van der Waals surface area contributed by atoms with Gasteiger partial charge in [-0.2, -0.15) is 0 Å². The molecule has 16 heavy (non-hydrogen) atoms. The molecule has 0 spiro atoms. The van der Waals surface area contributed by atoms with Crippen LogP contribution in [0.15, 0.2) is 12.1 Å². The summed E-state index contributed by atoms with van der Waals surface area (Å²) in [7, 11) is 0. The lowest BCUT2D eigenvalue weighted by Gasteiger charge is -2.27. The quantitative estimate of drug-likeness (QED) is 0.599. The standard InChI is InChI=1S/C10H10F2N2O2/c11-7-1-5(10(13)14)2-8(12)9(7)16-6-3-15-4-6/h1-2,6H,3-4H2,(H3,13,14). The molecule has 0 aromatic heterocycles. The van der Waals surface area contributed by atoms with Crippen molar-refractivity contribution in [3.8, 4) is 5.75 Å². The van der Waals surface area contributed by atoms with Crippen LogP contribution in [0.5, 0.6) is 5.75 Å². The number of benzene rings is 1. The van der Waals surface area contributed by atoms with Crippen LogP contribution in [0.2, 0.25) is 0 Å². The molecule has 0 saturated carbocycles. The predicted octanol–water partition coefficient (Wildman–Crippen LogP) is 1.03. The van der Waals surface area contributed by atoms with E-state index < -0.39 is 23.2 Å². The molecule has 2 rings (SSSR count). The van der Waals surface area contributed by atoms with Gasteiger partial charge in [0.25, 0.3) is 0 Å². The zero-order valence-electron chi connectivity index (χ0n) is 8.30. The third kappa shape index (κ3) is 1.96. The SMILES string of the molecule is N=C(N)c1cc(F)c(OC2COC2)c(F)c1. The average molecular weight is 228 g/mol. The van der Waals surface area contributed by atoms with E-state index in [2.05, 4.69) is 0 Å². The van der Waals surface area contributed by atoms with Gasteiger partial charge in [-0.25, -0.2) is 8.78 Å². The normalized spacial score (nSPS) is 15.6. The molecule has 0 atom stereocenters. The van der Waals surface area contributed by atoms with Crippen molar-refractivity contribution in [2.45, 2.75) is 6.10 Å². The van der Waals surface area contributed by atoms with Gasteiger partial charge in [0.2, 0.25) is 0 Å². The van der Waals surface area contributed by atoms with Crippen LogP contribution in [-0.4, -0.2) is 25.2 Å². The Morgan fingerprint density at radius 3 is 2.31 bits per heavy atom. The number of nitrogen functional groups attached to an aromatic ring is 1. The van der Waals surface area contributed by atoms with E-state index in [0.29, 0.717) is 13.2 Å². The van der Waals surface area contributed by atoms with Gasteiger partial charge < -0.3 is 15.2 Å². The lowest BCUT2D eigenvalue weighted by Crippen LogP contribution is -2.39. The summed E-state index contributed by atoms with van der Waals surface area (Å²) >= 11 is 0. The van der Waals surface area contributed by atoms with Crippen LogP contribution in [0.4, 0.5) is 8.78 Å². The number of ether oxygens (including phenoxy) is 2. The number of halogens is 2. The Bertz CT molecular complexity index is 410. The van der Waals surface area contributed by atoms with Gasteiger partial charge in [-0.3, -0.25) is 5.41 Å². The fourth-order valence-corrected chi connectivity index (χ4v) is 1.28. The fourth-order valence-electron chi connectivity index (χ4n) is 1.28. The van der Waals surface area contributed by atoms with Crippen molar-refractivity contribution in [3.05, 3.63) is 29.3 Å². The molecule has 3 N–H and O–H groups in total. The van der Waals surface area contributed by atoms with Gasteiger partial charge in [-0.1, -0.05) is 0 Å². The van der Waals surface area contributed by atoms with E-state index in [1.807, 2.05) is 0 Å². The van der Waals surface area contributed by atoms with Gasteiger partial charge in [0, 0.05) is 5.56 Å². The third-order valence-electron chi connectivity index (χ3n) is 2.20. The van der Waals surface area contributed by atoms with Crippen LogP contribution in [0.3, 0.4) is 0 Å². The van der Waals surface area contributed by atoms with E-state index in [9.17, 15) is 8.78 Å². The first-order chi connectivity index (χ1) is 7.58. The summed E-state index contributed by atoms with van der Waals surface area (Å²) in [6.45, 7) is 0.653. The van der Waals surface area contributed by atoms with Crippen LogP contribution in [0, 0.1) is 17.0 Å². The van der Waals surface area contributed by atoms with E-state index in [0.717, 1.165) is 12.1 Å². The highest BCUT2D eigenvalue weighted by Crippen LogP contribution is 2.25. The van der Waals surface area contributed by atoms with Crippen LogP contribution in [0.25, 0.3) is 0 Å². The van der Waals surface area contributed by atoms with Gasteiger partial charge >= 0.3 is 0 Å². The number of hydrogen-bond acceptors (Lipinski definition) is 3. The molecule has 1 aromatic rings. The molecular weight excluding hydrogens is 218 g/mol. The Morgan fingerprint density at radius 2 is 1.94 bits per heavy atom. The number of nitrogens with two attached hydrogens (primary N) is 1. The summed E-state index contributed by atoms with van der Waals surface area (Å²) < 4.78 is 36.8. The highest BCUT2D eigenvalue weighted by Gasteiger charge is 2.24. The highest BCUT2D eigenvalue weighted by molar-refractivity contribution is 5.95. The van der Waals surface area contributed by atoms with Crippen molar-refractivity contribution in [1.82, 2.24) is 0 Å². The number of rotatable bonds is 3. The van der Waals surface area contributed by atoms with Crippen molar-refractivity contribution in [2.24, 2.45) is 5.73 Å². The molecule has 86 valence electrons. The molecule has 1 heterocycles. The molecule has 1 aromatic carbocycles. The molecule has 1 saturated heterocycles. The van der Waals surface area contributed by atoms with E-state index in [1.165, 1.54) is 0 Å². The van der Waals surface area contributed by atoms with E-state index in [4.69, 9.17) is 20.6 Å². The molecule has 0 amide bonds. The zero-order chi connectivity index (χ0) is 11.7. The van der Waals surface area contributed by atoms with Gasteiger partial charge in [-0.15, -0.1) is 0 Å². The van der Waals surface area contributed by atoms with Crippen molar-refractivity contribution >= 4 is 5.84 Å². The van der Waals surface area contributed by atoms with Crippen LogP contribution in [0.1, 0.15) is 5.56 Å². The lowest BCUT2D eigenvalue weighted by atomic mass is 10.2. The van der Waals surface area contributed by atoms with Gasteiger partial charge in [0.05, 0.1) is 13.2 Å². The first kappa shape index (κ1) is 10.8. The minimum Gasteiger partial charge on any atom is -0.479 e. The molecule has 1 aliphatic rings. The molecule has 1 aliphatic heterocycles. The number of hydrogen-bond donors (Lipinski definition) is 2. The van der Waals surface area contributed by atoms with Crippen molar-refractivity contribution in [3.63, 3.8) is 0 Å². The maximum atomic E-state index is 13.4. The molecule has 0 radical (unpaired) electrons. The summed E-state index contributed by atoms with van der Waals surface area (Å²) in [5.41, 5.74) is 5.12. The van der Waals surface area contributed by atoms with Gasteiger partial charge in [-0.05, 0) is 12.1 Å². The van der Waals surface area contributed by atoms with Gasteiger partial charge in [0.1, 0.15) is 11.9 Å². The maximum absolute atomic E-state index is 13.4. The van der Waals surface area contributed by atoms with Crippen LogP contribution in [-0.2, 0) is 4.74 Å². The largest absolute Gasteiger partial charge is 0.479 e. The Balaban J connectivity index is 2.27. The predicted molar refractivity (Wildman–Crippen MR) is 52.6 cm³/mol. The molecule has 0 unspecified atom stereocenters. The maximum Gasteiger partial charge on any atom is 0.191 e. The van der Waals surface area contributed by atoms with Crippen molar-refractivity contribution < 1.29 is 18.3 Å². The lowest BCUT2D eigenvalue weighted by molar-refractivity contribution is -0.0821. The third-order valence-corrected chi connectivity index (χ3v) is 2.20. The second-order valence-electron chi connectivity index (χ2n) is 3.46. The van der Waals surface area contributed by atoms with Crippen LogP contribution < -0.4 is 10.5 Å². The Kier molecular flexibility index (Phi) is 2.74.